The van der Waals surface area contributed by atoms with E-state index in [0.29, 0.717) is 5.75 Å². The van der Waals surface area contributed by atoms with Crippen molar-refractivity contribution in [1.29, 1.82) is 0 Å². The Labute approximate surface area is 92.4 Å². The first kappa shape index (κ1) is 10.4. The van der Waals surface area contributed by atoms with Gasteiger partial charge >= 0.3 is 5.97 Å². The molecule has 1 aromatic rings. The first-order valence-electron chi connectivity index (χ1n) is 4.78. The first-order valence-corrected chi connectivity index (χ1v) is 6.01. The van der Waals surface area contributed by atoms with Crippen molar-refractivity contribution in [2.45, 2.75) is 23.8 Å². The van der Waals surface area contributed by atoms with Crippen LogP contribution < -0.4 is 4.74 Å². The zero-order chi connectivity index (χ0) is 10.8. The maximum absolute atomic E-state index is 10.9. The zero-order valence-electron chi connectivity index (χ0n) is 8.40. The molecule has 1 saturated carbocycles. The summed E-state index contributed by atoms with van der Waals surface area (Å²) in [6.07, 6.45) is 4.24. The lowest BCUT2D eigenvalue weighted by Gasteiger charge is -2.09. The molecule has 0 amide bonds. The lowest BCUT2D eigenvalue weighted by atomic mass is 10.2. The number of ether oxygens (including phenoxy) is 1. The van der Waals surface area contributed by atoms with E-state index < -0.39 is 5.97 Å². The van der Waals surface area contributed by atoms with Gasteiger partial charge in [-0.15, -0.1) is 11.8 Å². The van der Waals surface area contributed by atoms with E-state index in [4.69, 9.17) is 9.84 Å². The van der Waals surface area contributed by atoms with Crippen LogP contribution in [0.1, 0.15) is 23.2 Å². The van der Waals surface area contributed by atoms with Gasteiger partial charge in [-0.1, -0.05) is 0 Å². The average molecular weight is 224 g/mol. The lowest BCUT2D eigenvalue weighted by Crippen LogP contribution is -2.04. The van der Waals surface area contributed by atoms with E-state index in [-0.39, 0.29) is 11.7 Å². The molecule has 0 aromatic heterocycles. The van der Waals surface area contributed by atoms with Crippen molar-refractivity contribution in [3.05, 3.63) is 23.8 Å². The predicted octanol–water partition coefficient (Wildman–Crippen LogP) is 2.65. The molecule has 0 heterocycles. The van der Waals surface area contributed by atoms with Crippen LogP contribution in [-0.2, 0) is 0 Å². The maximum atomic E-state index is 10.9. The largest absolute Gasteiger partial charge is 0.489 e. The van der Waals surface area contributed by atoms with Crippen molar-refractivity contribution < 1.29 is 14.6 Å². The molecule has 3 nitrogen and oxygen atoms in total. The van der Waals surface area contributed by atoms with Crippen LogP contribution in [-0.4, -0.2) is 23.4 Å². The van der Waals surface area contributed by atoms with Crippen LogP contribution in [0.25, 0.3) is 0 Å². The van der Waals surface area contributed by atoms with Crippen molar-refractivity contribution in [3.63, 3.8) is 0 Å². The summed E-state index contributed by atoms with van der Waals surface area (Å²) in [5.41, 5.74) is 0.250. The third kappa shape index (κ3) is 2.45. The van der Waals surface area contributed by atoms with Gasteiger partial charge in [0.05, 0.1) is 6.10 Å². The van der Waals surface area contributed by atoms with Gasteiger partial charge in [-0.25, -0.2) is 4.79 Å². The van der Waals surface area contributed by atoms with E-state index >= 15 is 0 Å². The fraction of sp³-hybridized carbons (Fsp3) is 0.364. The van der Waals surface area contributed by atoms with Gasteiger partial charge in [0.15, 0.2) is 0 Å². The van der Waals surface area contributed by atoms with Gasteiger partial charge in [0.1, 0.15) is 11.3 Å². The third-order valence-corrected chi connectivity index (χ3v) is 2.96. The average Bonchev–Trinajstić information content (AvgIpc) is 3.01. The van der Waals surface area contributed by atoms with E-state index in [2.05, 4.69) is 0 Å². The van der Waals surface area contributed by atoms with E-state index in [9.17, 15) is 4.79 Å². The predicted molar refractivity (Wildman–Crippen MR) is 58.8 cm³/mol. The molecule has 0 spiro atoms. The molecule has 80 valence electrons. The van der Waals surface area contributed by atoms with Crippen molar-refractivity contribution in [2.24, 2.45) is 0 Å². The Kier molecular flexibility index (Phi) is 2.86. The molecule has 0 bridgehead atoms. The number of carbonyl (C=O) groups is 1. The molecule has 1 aliphatic rings. The molecule has 0 saturated heterocycles. The Morgan fingerprint density at radius 3 is 2.80 bits per heavy atom. The molecule has 1 N–H and O–H groups in total. The lowest BCUT2D eigenvalue weighted by molar-refractivity contribution is 0.0692. The maximum Gasteiger partial charge on any atom is 0.339 e. The molecule has 0 radical (unpaired) electrons. The minimum Gasteiger partial charge on any atom is -0.489 e. The van der Waals surface area contributed by atoms with Crippen LogP contribution in [0.4, 0.5) is 0 Å². The quantitative estimate of drug-likeness (QED) is 0.799. The van der Waals surface area contributed by atoms with Crippen LogP contribution >= 0.6 is 11.8 Å². The van der Waals surface area contributed by atoms with Crippen LogP contribution in [0.3, 0.4) is 0 Å². The first-order chi connectivity index (χ1) is 7.20. The second-order valence-electron chi connectivity index (χ2n) is 3.48. The van der Waals surface area contributed by atoms with E-state index in [1.54, 1.807) is 30.0 Å². The third-order valence-electron chi connectivity index (χ3n) is 2.24. The minimum absolute atomic E-state index is 0.222. The highest BCUT2D eigenvalue weighted by Gasteiger charge is 2.25. The second kappa shape index (κ2) is 4.14. The van der Waals surface area contributed by atoms with E-state index in [1.165, 1.54) is 0 Å². The summed E-state index contributed by atoms with van der Waals surface area (Å²) in [6.45, 7) is 0. The Balaban J connectivity index is 2.30. The second-order valence-corrected chi connectivity index (χ2v) is 4.36. The molecule has 0 aliphatic heterocycles. The number of rotatable bonds is 4. The molecule has 0 unspecified atom stereocenters. The highest BCUT2D eigenvalue weighted by atomic mass is 32.2. The van der Waals surface area contributed by atoms with Gasteiger partial charge in [0.25, 0.3) is 0 Å². The zero-order valence-corrected chi connectivity index (χ0v) is 9.21. The molecule has 1 fully saturated rings. The molecule has 1 aromatic carbocycles. The summed E-state index contributed by atoms with van der Waals surface area (Å²) < 4.78 is 5.57. The van der Waals surface area contributed by atoms with Crippen LogP contribution in [0.5, 0.6) is 5.75 Å². The van der Waals surface area contributed by atoms with Gasteiger partial charge in [0, 0.05) is 4.90 Å². The highest BCUT2D eigenvalue weighted by molar-refractivity contribution is 7.98. The summed E-state index contributed by atoms with van der Waals surface area (Å²) in [7, 11) is 0. The fourth-order valence-corrected chi connectivity index (χ4v) is 1.70. The normalized spacial score (nSPS) is 15.0. The van der Waals surface area contributed by atoms with E-state index in [0.717, 1.165) is 17.7 Å². The topological polar surface area (TPSA) is 46.5 Å². The number of hydrogen-bond donors (Lipinski definition) is 1. The number of carboxylic acids is 1. The number of carboxylic acid groups (broad SMARTS) is 1. The van der Waals surface area contributed by atoms with Crippen LogP contribution in [0.2, 0.25) is 0 Å². The Morgan fingerprint density at radius 1 is 1.53 bits per heavy atom. The van der Waals surface area contributed by atoms with Gasteiger partial charge in [0.2, 0.25) is 0 Å². The number of hydrogen-bond acceptors (Lipinski definition) is 3. The summed E-state index contributed by atoms with van der Waals surface area (Å²) in [5, 5.41) is 8.98. The minimum atomic E-state index is -0.932. The van der Waals surface area contributed by atoms with Crippen molar-refractivity contribution in [2.75, 3.05) is 6.26 Å². The Hall–Kier alpha value is -1.16. The molecule has 15 heavy (non-hydrogen) atoms. The van der Waals surface area contributed by atoms with Gasteiger partial charge in [-0.2, -0.15) is 0 Å². The summed E-state index contributed by atoms with van der Waals surface area (Å²) in [6, 6.07) is 5.20. The highest BCUT2D eigenvalue weighted by Crippen LogP contribution is 2.31. The fourth-order valence-electron chi connectivity index (χ4n) is 1.27. The van der Waals surface area contributed by atoms with Crippen molar-refractivity contribution >= 4 is 17.7 Å². The molecule has 1 aliphatic carbocycles. The monoisotopic (exact) mass is 224 g/mol. The van der Waals surface area contributed by atoms with Gasteiger partial charge < -0.3 is 9.84 Å². The van der Waals surface area contributed by atoms with Crippen LogP contribution in [0.15, 0.2) is 23.1 Å². The SMILES string of the molecule is CSc1ccc(C(=O)O)c(OC2CC2)c1. The molecule has 0 atom stereocenters. The van der Waals surface area contributed by atoms with Crippen LogP contribution in [0, 0.1) is 0 Å². The molecular formula is C11H12O3S. The molecule has 4 heteroatoms. The molecule has 2 rings (SSSR count). The van der Waals surface area contributed by atoms with Gasteiger partial charge in [-0.3, -0.25) is 0 Å². The van der Waals surface area contributed by atoms with Gasteiger partial charge in [-0.05, 0) is 37.3 Å². The number of benzene rings is 1. The van der Waals surface area contributed by atoms with E-state index in [1.807, 2.05) is 6.26 Å². The standard InChI is InChI=1S/C11H12O3S/c1-15-8-4-5-9(11(12)13)10(6-8)14-7-2-3-7/h4-7H,2-3H2,1H3,(H,12,13). The number of thioether (sulfide) groups is 1. The summed E-state index contributed by atoms with van der Waals surface area (Å²) in [4.78, 5) is 12.0. The Bertz CT molecular complexity index is 385. The molecular weight excluding hydrogens is 212 g/mol. The Morgan fingerprint density at radius 2 is 2.27 bits per heavy atom. The summed E-state index contributed by atoms with van der Waals surface area (Å²) >= 11 is 1.58. The summed E-state index contributed by atoms with van der Waals surface area (Å²) in [5.74, 6) is -0.435. The smallest absolute Gasteiger partial charge is 0.339 e. The van der Waals surface area contributed by atoms with Crippen molar-refractivity contribution in [1.82, 2.24) is 0 Å². The number of aromatic carboxylic acids is 1. The van der Waals surface area contributed by atoms with Crippen molar-refractivity contribution in [3.8, 4) is 5.75 Å².